The van der Waals surface area contributed by atoms with Gasteiger partial charge in [-0.2, -0.15) is 0 Å². The predicted molar refractivity (Wildman–Crippen MR) is 159 cm³/mol. The van der Waals surface area contributed by atoms with E-state index in [2.05, 4.69) is 18.4 Å². The first-order chi connectivity index (χ1) is 19.3. The van der Waals surface area contributed by atoms with Crippen molar-refractivity contribution in [1.29, 1.82) is 0 Å². The van der Waals surface area contributed by atoms with Crippen LogP contribution in [-0.4, -0.2) is 36.1 Å². The van der Waals surface area contributed by atoms with Crippen LogP contribution in [0.25, 0.3) is 0 Å². The Kier molecular flexibility index (Phi) is 33.1. The van der Waals surface area contributed by atoms with Crippen LogP contribution in [0.15, 0.2) is 0 Å². The summed E-state index contributed by atoms with van der Waals surface area (Å²) in [6.07, 6.45) is 25.2. The number of carbonyl (C=O) groups excluding carboxylic acids is 2. The zero-order chi connectivity index (χ0) is 29.7. The van der Waals surface area contributed by atoms with Gasteiger partial charge in [0.15, 0.2) is 6.10 Å². The van der Waals surface area contributed by atoms with Gasteiger partial charge >= 0.3 is 41.5 Å². The van der Waals surface area contributed by atoms with E-state index in [0.29, 0.717) is 6.42 Å². The van der Waals surface area contributed by atoms with Gasteiger partial charge in [0.1, 0.15) is 6.61 Å². The SMILES string of the molecule is CCCCCCCCCCCCCC(=O)OCC(COP(=O)([O-])O)OC(=O)CCCCCCCCCCCCC.[Na+]. The number of phosphoric acid groups is 1. The second-order valence-corrected chi connectivity index (χ2v) is 12.3. The van der Waals surface area contributed by atoms with E-state index in [1.807, 2.05) is 0 Å². The normalized spacial score (nSPS) is 13.3. The van der Waals surface area contributed by atoms with Crippen LogP contribution in [0.4, 0.5) is 0 Å². The molecule has 0 saturated heterocycles. The molecule has 0 radical (unpaired) electrons. The second-order valence-electron chi connectivity index (χ2n) is 11.1. The van der Waals surface area contributed by atoms with Crippen molar-refractivity contribution in [3.05, 3.63) is 0 Å². The monoisotopic (exact) mass is 614 g/mol. The predicted octanol–water partition coefficient (Wildman–Crippen LogP) is 5.32. The Labute approximate surface area is 273 Å². The number of unbranched alkanes of at least 4 members (excludes halogenated alkanes) is 20. The summed E-state index contributed by atoms with van der Waals surface area (Å²) in [7, 11) is -4.98. The molecule has 0 saturated carbocycles. The van der Waals surface area contributed by atoms with Crippen molar-refractivity contribution in [2.75, 3.05) is 13.2 Å². The van der Waals surface area contributed by atoms with Crippen molar-refractivity contribution < 1.29 is 67.5 Å². The van der Waals surface area contributed by atoms with E-state index in [1.165, 1.54) is 96.3 Å². The summed E-state index contributed by atoms with van der Waals surface area (Å²) < 4.78 is 25.9. The van der Waals surface area contributed by atoms with Gasteiger partial charge in [-0.15, -0.1) is 0 Å². The molecule has 0 aromatic rings. The molecule has 8 nitrogen and oxygen atoms in total. The second kappa shape index (κ2) is 31.5. The van der Waals surface area contributed by atoms with E-state index in [4.69, 9.17) is 14.4 Å². The molecule has 0 amide bonds. The first-order valence-corrected chi connectivity index (χ1v) is 17.8. The summed E-state index contributed by atoms with van der Waals surface area (Å²) in [5.74, 6) is -0.916. The molecule has 0 aliphatic heterocycles. The number of rotatable bonds is 30. The van der Waals surface area contributed by atoms with Gasteiger partial charge in [-0.1, -0.05) is 142 Å². The number of phosphoric ester groups is 1. The quantitative estimate of drug-likeness (QED) is 0.0499. The smallest absolute Gasteiger partial charge is 0.756 e. The number of hydrogen-bond donors (Lipinski definition) is 1. The van der Waals surface area contributed by atoms with E-state index >= 15 is 0 Å². The molecule has 10 heteroatoms. The summed E-state index contributed by atoms with van der Waals surface area (Å²) in [4.78, 5) is 44.2. The van der Waals surface area contributed by atoms with Gasteiger partial charge in [-0.3, -0.25) is 14.2 Å². The fraction of sp³-hybridized carbons (Fsp3) is 0.935. The fourth-order valence-electron chi connectivity index (χ4n) is 4.66. The van der Waals surface area contributed by atoms with E-state index < -0.39 is 32.5 Å². The standard InChI is InChI=1S/C31H61O8P.Na/c1-3-5-7-9-11-13-15-17-19-21-23-25-30(32)37-27-29(28-38-40(34,35)36)39-31(33)26-24-22-20-18-16-14-12-10-8-6-4-2;/h29H,3-28H2,1-2H3,(H2,34,35,36);/q;+1/p-1. The summed E-state index contributed by atoms with van der Waals surface area (Å²) in [6, 6.07) is 0. The maximum atomic E-state index is 12.2. The Morgan fingerprint density at radius 1 is 0.610 bits per heavy atom. The van der Waals surface area contributed by atoms with Gasteiger partial charge in [0.25, 0.3) is 7.82 Å². The topological polar surface area (TPSA) is 122 Å². The summed E-state index contributed by atoms with van der Waals surface area (Å²) >= 11 is 0. The number of hydrogen-bond acceptors (Lipinski definition) is 7. The Balaban J connectivity index is 0. The fourth-order valence-corrected chi connectivity index (χ4v) is 5.02. The number of ether oxygens (including phenoxy) is 2. The molecule has 2 atom stereocenters. The largest absolute Gasteiger partial charge is 1.00 e. The minimum Gasteiger partial charge on any atom is -0.756 e. The molecule has 0 bridgehead atoms. The van der Waals surface area contributed by atoms with Gasteiger partial charge in [-0.05, 0) is 12.8 Å². The van der Waals surface area contributed by atoms with Crippen LogP contribution in [0.1, 0.15) is 168 Å². The summed E-state index contributed by atoms with van der Waals surface area (Å²) in [5.41, 5.74) is 0. The van der Waals surface area contributed by atoms with Gasteiger partial charge in [0, 0.05) is 12.8 Å². The molecule has 0 aliphatic rings. The zero-order valence-electron chi connectivity index (χ0n) is 26.7. The molecule has 0 aromatic carbocycles. The van der Waals surface area contributed by atoms with Crippen LogP contribution in [0, 0.1) is 0 Å². The average Bonchev–Trinajstić information content (AvgIpc) is 2.91. The van der Waals surface area contributed by atoms with E-state index in [1.54, 1.807) is 0 Å². The first-order valence-electron chi connectivity index (χ1n) is 16.3. The summed E-state index contributed by atoms with van der Waals surface area (Å²) in [5, 5.41) is 0. The third kappa shape index (κ3) is 34.4. The molecule has 0 fully saturated rings. The average molecular weight is 615 g/mol. The van der Waals surface area contributed by atoms with E-state index in [9.17, 15) is 19.0 Å². The molecule has 0 aromatic heterocycles. The molecule has 1 N–H and O–H groups in total. The molecule has 2 unspecified atom stereocenters. The molecular weight excluding hydrogens is 554 g/mol. The van der Waals surface area contributed by atoms with Crippen molar-refractivity contribution in [3.63, 3.8) is 0 Å². The van der Waals surface area contributed by atoms with Gasteiger partial charge < -0.3 is 23.8 Å². The molecule has 238 valence electrons. The van der Waals surface area contributed by atoms with E-state index in [0.717, 1.165) is 38.5 Å². The van der Waals surface area contributed by atoms with Gasteiger partial charge in [0.2, 0.25) is 0 Å². The van der Waals surface area contributed by atoms with Gasteiger partial charge in [-0.25, -0.2) is 0 Å². The molecule has 0 spiro atoms. The zero-order valence-corrected chi connectivity index (χ0v) is 29.6. The van der Waals surface area contributed by atoms with Crippen LogP contribution in [0.2, 0.25) is 0 Å². The van der Waals surface area contributed by atoms with Crippen LogP contribution in [0.3, 0.4) is 0 Å². The van der Waals surface area contributed by atoms with Crippen molar-refractivity contribution in [3.8, 4) is 0 Å². The van der Waals surface area contributed by atoms with Crippen molar-refractivity contribution in [2.24, 2.45) is 0 Å². The molecule has 0 heterocycles. The maximum absolute atomic E-state index is 12.2. The third-order valence-corrected chi connectivity index (χ3v) is 7.60. The minimum absolute atomic E-state index is 0. The van der Waals surface area contributed by atoms with Gasteiger partial charge in [0.05, 0.1) is 6.61 Å². The Bertz CT molecular complexity index is 644. The van der Waals surface area contributed by atoms with Crippen LogP contribution in [0.5, 0.6) is 0 Å². The maximum Gasteiger partial charge on any atom is 1.00 e. The first kappa shape index (κ1) is 43.2. The Hall–Kier alpha value is 0.0500. The molecular formula is C31H60NaO8P. The van der Waals surface area contributed by atoms with E-state index in [-0.39, 0.29) is 49.0 Å². The molecule has 41 heavy (non-hydrogen) atoms. The molecule has 0 aliphatic carbocycles. The van der Waals surface area contributed by atoms with Crippen molar-refractivity contribution in [1.82, 2.24) is 0 Å². The Morgan fingerprint density at radius 2 is 0.951 bits per heavy atom. The van der Waals surface area contributed by atoms with Crippen LogP contribution >= 0.6 is 7.82 Å². The molecule has 0 rings (SSSR count). The van der Waals surface area contributed by atoms with Crippen molar-refractivity contribution >= 4 is 19.8 Å². The summed E-state index contributed by atoms with van der Waals surface area (Å²) in [6.45, 7) is 3.55. The number of carbonyl (C=O) groups is 2. The van der Waals surface area contributed by atoms with Crippen LogP contribution in [-0.2, 0) is 28.2 Å². The minimum atomic E-state index is -4.98. The van der Waals surface area contributed by atoms with Crippen LogP contribution < -0.4 is 34.5 Å². The Morgan fingerprint density at radius 3 is 1.32 bits per heavy atom. The number of esters is 2. The third-order valence-electron chi connectivity index (χ3n) is 7.12. The van der Waals surface area contributed by atoms with Crippen molar-refractivity contribution in [2.45, 2.75) is 174 Å².